The number of hydrogen-bond donors (Lipinski definition) is 2. The first-order valence-corrected chi connectivity index (χ1v) is 9.16. The monoisotopic (exact) mass is 352 g/mol. The van der Waals surface area contributed by atoms with Gasteiger partial charge in [-0.05, 0) is 45.4 Å². The van der Waals surface area contributed by atoms with Gasteiger partial charge in [0.25, 0.3) is 0 Å². The average Bonchev–Trinajstić information content (AvgIpc) is 3.07. The molecule has 0 radical (unpaired) electrons. The molecular weight excluding hydrogens is 324 g/mol. The van der Waals surface area contributed by atoms with Gasteiger partial charge in [0, 0.05) is 18.9 Å². The number of carbonyl (C=O) groups is 3. The van der Waals surface area contributed by atoms with Crippen molar-refractivity contribution in [2.24, 2.45) is 17.8 Å². The highest BCUT2D eigenvalue weighted by molar-refractivity contribution is 5.88. The Morgan fingerprint density at radius 3 is 2.28 bits per heavy atom. The third-order valence-corrected chi connectivity index (χ3v) is 5.67. The SMILES string of the molecule is CC(C)(C)OC(=O)NC1(C(=O)O)CCN(C(=O)C2C3CCCCC32)C1. The summed E-state index contributed by atoms with van der Waals surface area (Å²) in [6, 6.07) is 0. The summed E-state index contributed by atoms with van der Waals surface area (Å²) in [4.78, 5) is 38.3. The lowest BCUT2D eigenvalue weighted by atomic mass is 9.99. The zero-order valence-corrected chi connectivity index (χ0v) is 15.2. The van der Waals surface area contributed by atoms with Crippen molar-refractivity contribution in [3.63, 3.8) is 0 Å². The summed E-state index contributed by atoms with van der Waals surface area (Å²) in [6.45, 7) is 5.53. The zero-order valence-electron chi connectivity index (χ0n) is 15.2. The van der Waals surface area contributed by atoms with Gasteiger partial charge >= 0.3 is 12.1 Å². The van der Waals surface area contributed by atoms with Gasteiger partial charge in [-0.1, -0.05) is 12.8 Å². The molecule has 0 bridgehead atoms. The van der Waals surface area contributed by atoms with Crippen LogP contribution in [-0.2, 0) is 14.3 Å². The van der Waals surface area contributed by atoms with E-state index in [0.29, 0.717) is 18.4 Å². The van der Waals surface area contributed by atoms with Gasteiger partial charge in [0.05, 0.1) is 6.54 Å². The van der Waals surface area contributed by atoms with E-state index in [0.717, 1.165) is 12.8 Å². The molecule has 0 aromatic carbocycles. The van der Waals surface area contributed by atoms with Crippen LogP contribution in [0.1, 0.15) is 52.9 Å². The molecule has 0 aromatic heterocycles. The van der Waals surface area contributed by atoms with Crippen molar-refractivity contribution in [1.82, 2.24) is 10.2 Å². The number of alkyl carbamates (subject to hydrolysis) is 1. The summed E-state index contributed by atoms with van der Waals surface area (Å²) in [6.07, 6.45) is 4.03. The van der Waals surface area contributed by atoms with E-state index >= 15 is 0 Å². The largest absolute Gasteiger partial charge is 0.479 e. The number of ether oxygens (including phenoxy) is 1. The van der Waals surface area contributed by atoms with E-state index < -0.39 is 23.2 Å². The summed E-state index contributed by atoms with van der Waals surface area (Å²) in [5.74, 6) is -0.0266. The minimum Gasteiger partial charge on any atom is -0.479 e. The number of nitrogens with zero attached hydrogens (tertiary/aromatic N) is 1. The third-order valence-electron chi connectivity index (χ3n) is 5.67. The van der Waals surface area contributed by atoms with E-state index in [9.17, 15) is 19.5 Å². The van der Waals surface area contributed by atoms with Crippen LogP contribution < -0.4 is 5.32 Å². The topological polar surface area (TPSA) is 95.9 Å². The first kappa shape index (κ1) is 18.0. The molecule has 0 aromatic rings. The van der Waals surface area contributed by atoms with E-state index in [2.05, 4.69) is 5.32 Å². The molecule has 2 N–H and O–H groups in total. The number of amides is 2. The minimum atomic E-state index is -1.46. The predicted octanol–water partition coefficient (Wildman–Crippen LogP) is 2.00. The van der Waals surface area contributed by atoms with Gasteiger partial charge < -0.3 is 20.1 Å². The van der Waals surface area contributed by atoms with Gasteiger partial charge in [-0.25, -0.2) is 9.59 Å². The van der Waals surface area contributed by atoms with Gasteiger partial charge in [0.15, 0.2) is 5.54 Å². The van der Waals surface area contributed by atoms with Crippen LogP contribution in [0.15, 0.2) is 0 Å². The van der Waals surface area contributed by atoms with Crippen molar-refractivity contribution in [3.8, 4) is 0 Å². The standard InChI is InChI=1S/C18H28N2O5/c1-17(2,3)25-16(24)19-18(15(22)23)8-9-20(10-18)14(21)13-11-6-4-5-7-12(11)13/h11-13H,4-10H2,1-3H3,(H,19,24)(H,22,23). The second-order valence-corrected chi connectivity index (χ2v) is 8.66. The van der Waals surface area contributed by atoms with E-state index in [4.69, 9.17) is 4.74 Å². The van der Waals surface area contributed by atoms with Crippen molar-refractivity contribution >= 4 is 18.0 Å². The minimum absolute atomic E-state index is 0.0103. The van der Waals surface area contributed by atoms with E-state index in [1.807, 2.05) is 0 Å². The smallest absolute Gasteiger partial charge is 0.408 e. The lowest BCUT2D eigenvalue weighted by Gasteiger charge is -2.28. The molecule has 3 aliphatic rings. The van der Waals surface area contributed by atoms with Crippen LogP contribution in [0.5, 0.6) is 0 Å². The zero-order chi connectivity index (χ0) is 18.4. The Morgan fingerprint density at radius 2 is 1.76 bits per heavy atom. The molecule has 140 valence electrons. The number of hydrogen-bond acceptors (Lipinski definition) is 4. The molecule has 1 heterocycles. The van der Waals surface area contributed by atoms with Crippen LogP contribution in [-0.4, -0.2) is 52.2 Å². The van der Waals surface area contributed by atoms with Gasteiger partial charge in [-0.15, -0.1) is 0 Å². The lowest BCUT2D eigenvalue weighted by Crippen LogP contribution is -2.57. The molecule has 2 aliphatic carbocycles. The molecule has 7 nitrogen and oxygen atoms in total. The number of aliphatic carboxylic acids is 1. The number of likely N-dealkylation sites (tertiary alicyclic amines) is 1. The fourth-order valence-electron chi connectivity index (χ4n) is 4.40. The fraction of sp³-hybridized carbons (Fsp3) is 0.833. The van der Waals surface area contributed by atoms with Crippen molar-refractivity contribution in [2.45, 2.75) is 64.0 Å². The molecule has 3 rings (SSSR count). The Balaban J connectivity index is 1.64. The molecule has 0 spiro atoms. The fourth-order valence-corrected chi connectivity index (χ4v) is 4.40. The molecular formula is C18H28N2O5. The van der Waals surface area contributed by atoms with Crippen molar-refractivity contribution < 1.29 is 24.2 Å². The Labute approximate surface area is 148 Å². The maximum Gasteiger partial charge on any atom is 0.408 e. The van der Waals surface area contributed by atoms with Crippen LogP contribution in [0.4, 0.5) is 4.79 Å². The van der Waals surface area contributed by atoms with Crippen molar-refractivity contribution in [2.75, 3.05) is 13.1 Å². The van der Waals surface area contributed by atoms with Gasteiger partial charge in [0.2, 0.25) is 5.91 Å². The second kappa shape index (κ2) is 6.18. The van der Waals surface area contributed by atoms with Gasteiger partial charge in [-0.2, -0.15) is 0 Å². The van der Waals surface area contributed by atoms with Crippen molar-refractivity contribution in [3.05, 3.63) is 0 Å². The number of carboxylic acids is 1. The number of fused-ring (bicyclic) bond motifs is 1. The second-order valence-electron chi connectivity index (χ2n) is 8.66. The summed E-state index contributed by atoms with van der Waals surface area (Å²) < 4.78 is 5.19. The average molecular weight is 352 g/mol. The van der Waals surface area contributed by atoms with Crippen LogP contribution in [0, 0.1) is 17.8 Å². The molecule has 3 atom stereocenters. The summed E-state index contributed by atoms with van der Waals surface area (Å²) in [5, 5.41) is 12.2. The van der Waals surface area contributed by atoms with Gasteiger partial charge in [-0.3, -0.25) is 4.79 Å². The van der Waals surface area contributed by atoms with E-state index in [1.165, 1.54) is 12.8 Å². The van der Waals surface area contributed by atoms with Crippen LogP contribution in [0.25, 0.3) is 0 Å². The molecule has 1 aliphatic heterocycles. The molecule has 2 saturated carbocycles. The highest BCUT2D eigenvalue weighted by atomic mass is 16.6. The molecule has 1 saturated heterocycles. The number of carbonyl (C=O) groups excluding carboxylic acids is 2. The molecule has 2 amide bonds. The molecule has 7 heteroatoms. The molecule has 25 heavy (non-hydrogen) atoms. The Morgan fingerprint density at radius 1 is 1.16 bits per heavy atom. The highest BCUT2D eigenvalue weighted by Crippen LogP contribution is 2.56. The first-order chi connectivity index (χ1) is 11.6. The Hall–Kier alpha value is -1.79. The number of rotatable bonds is 3. The predicted molar refractivity (Wildman–Crippen MR) is 89.9 cm³/mol. The summed E-state index contributed by atoms with van der Waals surface area (Å²) in [5.41, 5.74) is -2.17. The number of nitrogens with one attached hydrogen (secondary N) is 1. The van der Waals surface area contributed by atoms with E-state index in [1.54, 1.807) is 25.7 Å². The Bertz CT molecular complexity index is 573. The molecule has 3 unspecified atom stereocenters. The summed E-state index contributed by atoms with van der Waals surface area (Å²) >= 11 is 0. The quantitative estimate of drug-likeness (QED) is 0.810. The van der Waals surface area contributed by atoms with Crippen LogP contribution >= 0.6 is 0 Å². The van der Waals surface area contributed by atoms with Gasteiger partial charge in [0.1, 0.15) is 5.60 Å². The van der Waals surface area contributed by atoms with Crippen molar-refractivity contribution in [1.29, 1.82) is 0 Å². The Kier molecular flexibility index (Phi) is 4.45. The van der Waals surface area contributed by atoms with E-state index in [-0.39, 0.29) is 24.8 Å². The van der Waals surface area contributed by atoms with Crippen LogP contribution in [0.3, 0.4) is 0 Å². The maximum atomic E-state index is 12.8. The van der Waals surface area contributed by atoms with Crippen LogP contribution in [0.2, 0.25) is 0 Å². The normalized spacial score (nSPS) is 34.2. The third kappa shape index (κ3) is 3.60. The summed E-state index contributed by atoms with van der Waals surface area (Å²) in [7, 11) is 0. The first-order valence-electron chi connectivity index (χ1n) is 9.16. The highest BCUT2D eigenvalue weighted by Gasteiger charge is 2.58. The lowest BCUT2D eigenvalue weighted by molar-refractivity contribution is -0.144. The number of carboxylic acid groups (broad SMARTS) is 1. The molecule has 3 fully saturated rings. The maximum absolute atomic E-state index is 12.8.